The zero-order valence-electron chi connectivity index (χ0n) is 11.7. The third-order valence-corrected chi connectivity index (χ3v) is 3.51. The normalized spacial score (nSPS) is 12.0. The molecule has 1 aromatic heterocycles. The van der Waals surface area contributed by atoms with E-state index in [-0.39, 0.29) is 11.4 Å². The molecule has 116 valence electrons. The van der Waals surface area contributed by atoms with Crippen LogP contribution >= 0.6 is 11.6 Å². The SMILES string of the molecule is Cn1cccc1C(=O)NC(CC(=O)O)c1ccc(Cl)c(F)c1. The highest BCUT2D eigenvalue weighted by atomic mass is 35.5. The van der Waals surface area contributed by atoms with E-state index in [1.165, 1.54) is 12.1 Å². The number of carbonyl (C=O) groups is 2. The third-order valence-electron chi connectivity index (χ3n) is 3.21. The summed E-state index contributed by atoms with van der Waals surface area (Å²) < 4.78 is 15.2. The van der Waals surface area contributed by atoms with Gasteiger partial charge < -0.3 is 15.0 Å². The van der Waals surface area contributed by atoms with Gasteiger partial charge in [-0.25, -0.2) is 4.39 Å². The summed E-state index contributed by atoms with van der Waals surface area (Å²) in [5.41, 5.74) is 0.719. The molecule has 1 amide bonds. The number of aliphatic carboxylic acids is 1. The smallest absolute Gasteiger partial charge is 0.305 e. The Bertz CT molecular complexity index is 715. The molecule has 1 heterocycles. The first kappa shape index (κ1) is 16.0. The number of amides is 1. The highest BCUT2D eigenvalue weighted by Crippen LogP contribution is 2.23. The number of benzene rings is 1. The van der Waals surface area contributed by atoms with E-state index in [4.69, 9.17) is 16.7 Å². The summed E-state index contributed by atoms with van der Waals surface area (Å²) >= 11 is 5.62. The molecule has 2 aromatic rings. The van der Waals surface area contributed by atoms with Gasteiger partial charge in [0.05, 0.1) is 17.5 Å². The van der Waals surface area contributed by atoms with Gasteiger partial charge in [-0.05, 0) is 29.8 Å². The van der Waals surface area contributed by atoms with E-state index in [1.807, 2.05) is 0 Å². The first-order valence-electron chi connectivity index (χ1n) is 6.47. The first-order chi connectivity index (χ1) is 10.4. The van der Waals surface area contributed by atoms with Crippen LogP contribution in [0.15, 0.2) is 36.5 Å². The number of halogens is 2. The van der Waals surface area contributed by atoms with Crippen molar-refractivity contribution >= 4 is 23.5 Å². The first-order valence-corrected chi connectivity index (χ1v) is 6.85. The predicted molar refractivity (Wildman–Crippen MR) is 79.3 cm³/mol. The molecule has 0 radical (unpaired) electrons. The molecule has 0 aliphatic carbocycles. The van der Waals surface area contributed by atoms with Gasteiger partial charge in [0.15, 0.2) is 0 Å². The van der Waals surface area contributed by atoms with Crippen molar-refractivity contribution in [3.8, 4) is 0 Å². The standard InChI is InChI=1S/C15H14ClFN2O3/c1-19-6-2-3-13(19)15(22)18-12(8-14(20)21)9-4-5-10(16)11(17)7-9/h2-7,12H,8H2,1H3,(H,18,22)(H,20,21). The Kier molecular flexibility index (Phi) is 4.82. The van der Waals surface area contributed by atoms with Crippen molar-refractivity contribution in [1.82, 2.24) is 9.88 Å². The van der Waals surface area contributed by atoms with Crippen LogP contribution in [0.2, 0.25) is 5.02 Å². The van der Waals surface area contributed by atoms with E-state index >= 15 is 0 Å². The number of carbonyl (C=O) groups excluding carboxylic acids is 1. The molecule has 0 bridgehead atoms. The summed E-state index contributed by atoms with van der Waals surface area (Å²) in [6.45, 7) is 0. The highest BCUT2D eigenvalue weighted by molar-refractivity contribution is 6.30. The number of aryl methyl sites for hydroxylation is 1. The zero-order chi connectivity index (χ0) is 16.3. The molecule has 0 spiro atoms. The number of carboxylic acid groups (broad SMARTS) is 1. The minimum Gasteiger partial charge on any atom is -0.481 e. The van der Waals surface area contributed by atoms with Crippen molar-refractivity contribution in [3.63, 3.8) is 0 Å². The Morgan fingerprint density at radius 1 is 1.41 bits per heavy atom. The van der Waals surface area contributed by atoms with Crippen LogP contribution < -0.4 is 5.32 Å². The van der Waals surface area contributed by atoms with Gasteiger partial charge in [-0.1, -0.05) is 17.7 Å². The minimum absolute atomic E-state index is 0.0633. The van der Waals surface area contributed by atoms with Gasteiger partial charge >= 0.3 is 5.97 Å². The van der Waals surface area contributed by atoms with Crippen LogP contribution in [0.25, 0.3) is 0 Å². The molecule has 22 heavy (non-hydrogen) atoms. The summed E-state index contributed by atoms with van der Waals surface area (Å²) in [7, 11) is 1.70. The number of hydrogen-bond donors (Lipinski definition) is 2. The van der Waals surface area contributed by atoms with Crippen LogP contribution in [0, 0.1) is 5.82 Å². The second kappa shape index (κ2) is 6.62. The molecule has 1 aromatic carbocycles. The molecule has 0 aliphatic rings. The molecule has 2 N–H and O–H groups in total. The summed E-state index contributed by atoms with van der Waals surface area (Å²) in [6, 6.07) is 6.39. The topological polar surface area (TPSA) is 71.3 Å². The molecule has 1 unspecified atom stereocenters. The van der Waals surface area contributed by atoms with Gasteiger partial charge in [0.25, 0.3) is 5.91 Å². The molecule has 0 fully saturated rings. The molecule has 0 saturated heterocycles. The Balaban J connectivity index is 2.26. The monoisotopic (exact) mass is 324 g/mol. The lowest BCUT2D eigenvalue weighted by atomic mass is 10.0. The van der Waals surface area contributed by atoms with Crippen LogP contribution in [-0.4, -0.2) is 21.6 Å². The minimum atomic E-state index is -1.10. The lowest BCUT2D eigenvalue weighted by Crippen LogP contribution is -2.31. The molecule has 7 heteroatoms. The maximum atomic E-state index is 13.6. The highest BCUT2D eigenvalue weighted by Gasteiger charge is 2.21. The van der Waals surface area contributed by atoms with Crippen molar-refractivity contribution in [3.05, 3.63) is 58.6 Å². The average Bonchev–Trinajstić information content (AvgIpc) is 2.87. The van der Waals surface area contributed by atoms with Crippen LogP contribution in [0.1, 0.15) is 28.5 Å². The van der Waals surface area contributed by atoms with Crippen LogP contribution in [0.5, 0.6) is 0 Å². The Morgan fingerprint density at radius 3 is 2.68 bits per heavy atom. The Labute approximate surface area is 131 Å². The number of carboxylic acids is 1. The Morgan fingerprint density at radius 2 is 2.14 bits per heavy atom. The molecule has 2 rings (SSSR count). The van der Waals surface area contributed by atoms with Crippen LogP contribution in [0.3, 0.4) is 0 Å². The molecule has 5 nitrogen and oxygen atoms in total. The predicted octanol–water partition coefficient (Wildman–Crippen LogP) is 2.76. The molecule has 0 saturated carbocycles. The van der Waals surface area contributed by atoms with Gasteiger partial charge in [0.1, 0.15) is 11.5 Å². The van der Waals surface area contributed by atoms with E-state index in [9.17, 15) is 14.0 Å². The van der Waals surface area contributed by atoms with Gasteiger partial charge in [0.2, 0.25) is 0 Å². The number of hydrogen-bond acceptors (Lipinski definition) is 2. The zero-order valence-corrected chi connectivity index (χ0v) is 12.5. The van der Waals surface area contributed by atoms with Crippen molar-refractivity contribution in [2.75, 3.05) is 0 Å². The summed E-state index contributed by atoms with van der Waals surface area (Å²) in [6.07, 6.45) is 1.33. The maximum Gasteiger partial charge on any atom is 0.305 e. The van der Waals surface area contributed by atoms with Gasteiger partial charge in [-0.3, -0.25) is 9.59 Å². The van der Waals surface area contributed by atoms with Crippen molar-refractivity contribution in [2.24, 2.45) is 7.05 Å². The lowest BCUT2D eigenvalue weighted by molar-refractivity contribution is -0.137. The van der Waals surface area contributed by atoms with Crippen molar-refractivity contribution in [2.45, 2.75) is 12.5 Å². The van der Waals surface area contributed by atoms with Crippen LogP contribution in [0.4, 0.5) is 4.39 Å². The fourth-order valence-electron chi connectivity index (χ4n) is 2.09. The lowest BCUT2D eigenvalue weighted by Gasteiger charge is -2.18. The quantitative estimate of drug-likeness (QED) is 0.888. The third kappa shape index (κ3) is 3.65. The van der Waals surface area contributed by atoms with E-state index in [2.05, 4.69) is 5.32 Å². The molecular formula is C15H14ClFN2O3. The molecule has 0 aliphatic heterocycles. The van der Waals surface area contributed by atoms with Crippen LogP contribution in [-0.2, 0) is 11.8 Å². The average molecular weight is 325 g/mol. The molecular weight excluding hydrogens is 311 g/mol. The second-order valence-electron chi connectivity index (χ2n) is 4.80. The van der Waals surface area contributed by atoms with Gasteiger partial charge in [0, 0.05) is 13.2 Å². The maximum absolute atomic E-state index is 13.6. The number of aromatic nitrogens is 1. The van der Waals surface area contributed by atoms with Crippen molar-refractivity contribution in [1.29, 1.82) is 0 Å². The van der Waals surface area contributed by atoms with Gasteiger partial charge in [-0.2, -0.15) is 0 Å². The van der Waals surface area contributed by atoms with Crippen molar-refractivity contribution < 1.29 is 19.1 Å². The summed E-state index contributed by atoms with van der Waals surface area (Å²) in [5.74, 6) is -2.20. The summed E-state index contributed by atoms with van der Waals surface area (Å²) in [4.78, 5) is 23.2. The number of rotatable bonds is 5. The second-order valence-corrected chi connectivity index (χ2v) is 5.21. The largest absolute Gasteiger partial charge is 0.481 e. The fourth-order valence-corrected chi connectivity index (χ4v) is 2.20. The number of nitrogens with zero attached hydrogens (tertiary/aromatic N) is 1. The number of nitrogens with one attached hydrogen (secondary N) is 1. The molecule has 1 atom stereocenters. The summed E-state index contributed by atoms with van der Waals surface area (Å²) in [5, 5.41) is 11.5. The van der Waals surface area contributed by atoms with Gasteiger partial charge in [-0.15, -0.1) is 0 Å². The van der Waals surface area contributed by atoms with E-state index < -0.39 is 23.7 Å². The Hall–Kier alpha value is -2.34. The van der Waals surface area contributed by atoms with E-state index in [0.29, 0.717) is 11.3 Å². The van der Waals surface area contributed by atoms with E-state index in [0.717, 1.165) is 6.07 Å². The van der Waals surface area contributed by atoms with E-state index in [1.54, 1.807) is 29.9 Å². The fraction of sp³-hybridized carbons (Fsp3) is 0.200.